The molecule has 0 saturated carbocycles. The van der Waals surface area contributed by atoms with Crippen LogP contribution in [0.2, 0.25) is 0 Å². The average molecular weight is 481 g/mol. The summed E-state index contributed by atoms with van der Waals surface area (Å²) in [5.41, 5.74) is 9.54. The van der Waals surface area contributed by atoms with E-state index in [-0.39, 0.29) is 17.1 Å². The van der Waals surface area contributed by atoms with E-state index in [9.17, 15) is 18.3 Å². The van der Waals surface area contributed by atoms with Crippen molar-refractivity contribution in [3.8, 4) is 0 Å². The van der Waals surface area contributed by atoms with Gasteiger partial charge in [0, 0.05) is 5.92 Å². The van der Waals surface area contributed by atoms with Crippen LogP contribution in [0.1, 0.15) is 29.0 Å². The van der Waals surface area contributed by atoms with Crippen molar-refractivity contribution < 1.29 is 18.3 Å². The molecule has 8 heteroatoms. The Balaban J connectivity index is 1.44. The number of carbonyl (C=O) groups is 1. The number of nitrogens with zero attached hydrogens (tertiary/aromatic N) is 1. The zero-order valence-electron chi connectivity index (χ0n) is 17.8. The van der Waals surface area contributed by atoms with Crippen LogP contribution in [0, 0.1) is 0 Å². The minimum atomic E-state index is -3.64. The molecule has 1 heterocycles. The molecule has 0 saturated heterocycles. The average Bonchev–Trinajstić information content (AvgIpc) is 3.17. The number of hydrogen-bond acceptors (Lipinski definition) is 6. The summed E-state index contributed by atoms with van der Waals surface area (Å²) in [5.74, 6) is -1.88. The monoisotopic (exact) mass is 480 g/mol. The van der Waals surface area contributed by atoms with Gasteiger partial charge in [-0.3, -0.25) is 4.79 Å². The molecule has 0 fully saturated rings. The quantitative estimate of drug-likeness (QED) is 0.359. The molecule has 1 unspecified atom stereocenters. The standard InChI is InChI=1S/C25H24N2O4S2/c26-25-27-22-14-18(10-13-23(22)32-25)7-6-17-8-11-21(12-9-17)33(30,31)16-20(15-24(28)29)19-4-2-1-3-5-19/h1-5,8-14,20H,6-7,15-16H2,(H2,26,27)(H,28,29). The lowest BCUT2D eigenvalue weighted by Crippen LogP contribution is -2.18. The van der Waals surface area contributed by atoms with Gasteiger partial charge in [-0.25, -0.2) is 13.4 Å². The van der Waals surface area contributed by atoms with Crippen LogP contribution in [0.5, 0.6) is 0 Å². The summed E-state index contributed by atoms with van der Waals surface area (Å²) >= 11 is 1.46. The molecule has 0 aliphatic rings. The van der Waals surface area contributed by atoms with E-state index in [4.69, 9.17) is 5.73 Å². The maximum atomic E-state index is 13.0. The third kappa shape index (κ3) is 5.77. The minimum absolute atomic E-state index is 0.205. The second kappa shape index (κ2) is 9.72. The van der Waals surface area contributed by atoms with E-state index in [1.54, 1.807) is 36.4 Å². The molecule has 3 aromatic carbocycles. The molecule has 0 aliphatic heterocycles. The third-order valence-electron chi connectivity index (χ3n) is 5.57. The van der Waals surface area contributed by atoms with Gasteiger partial charge in [-0.05, 0) is 53.8 Å². The van der Waals surface area contributed by atoms with Crippen molar-refractivity contribution in [3.05, 3.63) is 89.5 Å². The summed E-state index contributed by atoms with van der Waals surface area (Å²) in [5, 5.41) is 9.81. The van der Waals surface area contributed by atoms with E-state index in [1.165, 1.54) is 11.3 Å². The number of carboxylic acids is 1. The van der Waals surface area contributed by atoms with Crippen molar-refractivity contribution in [1.82, 2.24) is 4.98 Å². The molecule has 0 bridgehead atoms. The van der Waals surface area contributed by atoms with Crippen LogP contribution in [0.4, 0.5) is 5.13 Å². The Bertz CT molecular complexity index is 1360. The fourth-order valence-electron chi connectivity index (χ4n) is 3.87. The molecular weight excluding hydrogens is 456 g/mol. The number of aryl methyl sites for hydroxylation is 2. The largest absolute Gasteiger partial charge is 0.481 e. The van der Waals surface area contributed by atoms with Crippen molar-refractivity contribution in [2.45, 2.75) is 30.1 Å². The van der Waals surface area contributed by atoms with Crippen LogP contribution < -0.4 is 5.73 Å². The second-order valence-electron chi connectivity index (χ2n) is 7.99. The third-order valence-corrected chi connectivity index (χ3v) is 8.26. The van der Waals surface area contributed by atoms with Crippen molar-refractivity contribution >= 4 is 42.5 Å². The molecule has 33 heavy (non-hydrogen) atoms. The van der Waals surface area contributed by atoms with Crippen molar-refractivity contribution in [3.63, 3.8) is 0 Å². The summed E-state index contributed by atoms with van der Waals surface area (Å²) < 4.78 is 27.1. The first kappa shape index (κ1) is 22.9. The van der Waals surface area contributed by atoms with E-state index >= 15 is 0 Å². The molecule has 0 aliphatic carbocycles. The number of nitrogens with two attached hydrogens (primary N) is 1. The van der Waals surface area contributed by atoms with Crippen molar-refractivity contribution in [2.75, 3.05) is 11.5 Å². The number of benzene rings is 3. The minimum Gasteiger partial charge on any atom is -0.481 e. The first-order valence-electron chi connectivity index (χ1n) is 10.5. The first-order chi connectivity index (χ1) is 15.8. The summed E-state index contributed by atoms with van der Waals surface area (Å²) in [7, 11) is -3.64. The topological polar surface area (TPSA) is 110 Å². The van der Waals surface area contributed by atoms with Crippen LogP contribution >= 0.6 is 11.3 Å². The maximum absolute atomic E-state index is 13.0. The Morgan fingerprint density at radius 3 is 2.33 bits per heavy atom. The van der Waals surface area contributed by atoms with E-state index < -0.39 is 21.7 Å². The zero-order chi connectivity index (χ0) is 23.4. The number of fused-ring (bicyclic) bond motifs is 1. The van der Waals surface area contributed by atoms with Crippen LogP contribution in [-0.2, 0) is 27.5 Å². The molecule has 170 valence electrons. The van der Waals surface area contributed by atoms with E-state index in [2.05, 4.69) is 11.1 Å². The summed E-state index contributed by atoms with van der Waals surface area (Å²) in [6.45, 7) is 0. The number of thiazole rings is 1. The highest BCUT2D eigenvalue weighted by molar-refractivity contribution is 7.91. The molecule has 1 aromatic heterocycles. The van der Waals surface area contributed by atoms with Crippen LogP contribution in [0.15, 0.2) is 77.7 Å². The Hall–Kier alpha value is -3.23. The SMILES string of the molecule is Nc1nc2cc(CCc3ccc(S(=O)(=O)CC(CC(=O)O)c4ccccc4)cc3)ccc2s1. The predicted molar refractivity (Wildman–Crippen MR) is 131 cm³/mol. The second-order valence-corrected chi connectivity index (χ2v) is 11.1. The Morgan fingerprint density at radius 2 is 1.64 bits per heavy atom. The summed E-state index contributed by atoms with van der Waals surface area (Å²) in [4.78, 5) is 15.8. The molecular formula is C25H24N2O4S2. The van der Waals surface area contributed by atoms with Gasteiger partial charge in [-0.2, -0.15) is 0 Å². The molecule has 4 rings (SSSR count). The van der Waals surface area contributed by atoms with Gasteiger partial charge in [-0.1, -0.05) is 59.9 Å². The fraction of sp³-hybridized carbons (Fsp3) is 0.200. The van der Waals surface area contributed by atoms with Crippen LogP contribution in [0.25, 0.3) is 10.2 Å². The first-order valence-corrected chi connectivity index (χ1v) is 13.0. The highest BCUT2D eigenvalue weighted by Gasteiger charge is 2.24. The summed E-state index contributed by atoms with van der Waals surface area (Å²) in [6.07, 6.45) is 1.32. The fourth-order valence-corrected chi connectivity index (χ4v) is 6.17. The van der Waals surface area contributed by atoms with E-state index in [1.807, 2.05) is 30.3 Å². The Labute approximate surface area is 196 Å². The number of rotatable bonds is 9. The normalized spacial score (nSPS) is 12.6. The van der Waals surface area contributed by atoms with Crippen LogP contribution in [0.3, 0.4) is 0 Å². The van der Waals surface area contributed by atoms with Gasteiger partial charge in [0.15, 0.2) is 15.0 Å². The Morgan fingerprint density at radius 1 is 0.970 bits per heavy atom. The molecule has 4 aromatic rings. The number of nitrogen functional groups attached to an aromatic ring is 1. The lowest BCUT2D eigenvalue weighted by molar-refractivity contribution is -0.137. The van der Waals surface area contributed by atoms with Crippen LogP contribution in [-0.4, -0.2) is 30.2 Å². The molecule has 6 nitrogen and oxygen atoms in total. The molecule has 0 radical (unpaired) electrons. The number of hydrogen-bond donors (Lipinski definition) is 2. The number of aromatic nitrogens is 1. The summed E-state index contributed by atoms with van der Waals surface area (Å²) in [6, 6.07) is 21.9. The number of sulfone groups is 1. The van der Waals surface area contributed by atoms with Gasteiger partial charge in [-0.15, -0.1) is 0 Å². The van der Waals surface area contributed by atoms with Gasteiger partial charge in [0.2, 0.25) is 0 Å². The molecule has 3 N–H and O–H groups in total. The predicted octanol–water partition coefficient (Wildman–Crippen LogP) is 4.70. The lowest BCUT2D eigenvalue weighted by atomic mass is 9.98. The highest BCUT2D eigenvalue weighted by Crippen LogP contribution is 2.27. The van der Waals surface area contributed by atoms with Crippen molar-refractivity contribution in [2.24, 2.45) is 0 Å². The lowest BCUT2D eigenvalue weighted by Gasteiger charge is -2.16. The molecule has 1 atom stereocenters. The van der Waals surface area contributed by atoms with Gasteiger partial charge in [0.1, 0.15) is 0 Å². The molecule has 0 spiro atoms. The van der Waals surface area contributed by atoms with Gasteiger partial charge in [0.05, 0.1) is 27.3 Å². The molecule has 0 amide bonds. The maximum Gasteiger partial charge on any atom is 0.303 e. The van der Waals surface area contributed by atoms with Gasteiger partial charge >= 0.3 is 5.97 Å². The number of anilines is 1. The van der Waals surface area contributed by atoms with E-state index in [0.717, 1.165) is 34.2 Å². The van der Waals surface area contributed by atoms with E-state index in [0.29, 0.717) is 10.7 Å². The van der Waals surface area contributed by atoms with Gasteiger partial charge in [0.25, 0.3) is 0 Å². The Kier molecular flexibility index (Phi) is 6.76. The smallest absolute Gasteiger partial charge is 0.303 e. The number of carboxylic acid groups (broad SMARTS) is 1. The highest BCUT2D eigenvalue weighted by atomic mass is 32.2. The zero-order valence-corrected chi connectivity index (χ0v) is 19.5. The van der Waals surface area contributed by atoms with Crippen molar-refractivity contribution in [1.29, 1.82) is 0 Å². The van der Waals surface area contributed by atoms with Gasteiger partial charge < -0.3 is 10.8 Å². The number of aliphatic carboxylic acids is 1.